The van der Waals surface area contributed by atoms with E-state index < -0.39 is 23.1 Å². The van der Waals surface area contributed by atoms with Crippen LogP contribution in [-0.4, -0.2) is 21.0 Å². The molecule has 0 spiro atoms. The second kappa shape index (κ2) is 6.32. The molecule has 2 rings (SSSR count). The van der Waals surface area contributed by atoms with Crippen LogP contribution in [0.1, 0.15) is 36.4 Å². The fourth-order valence-electron chi connectivity index (χ4n) is 1.95. The predicted molar refractivity (Wildman–Crippen MR) is 80.1 cm³/mol. The molecule has 0 unspecified atom stereocenters. The number of carbonyl (C=O) groups is 1. The summed E-state index contributed by atoms with van der Waals surface area (Å²) in [4.78, 5) is 19.3. The van der Waals surface area contributed by atoms with E-state index in [1.54, 1.807) is 0 Å². The first kappa shape index (κ1) is 17.5. The largest absolute Gasteiger partial charge is 0.481 e. The van der Waals surface area contributed by atoms with E-state index in [1.807, 2.05) is 0 Å². The van der Waals surface area contributed by atoms with Gasteiger partial charge in [-0.05, 0) is 31.9 Å². The van der Waals surface area contributed by atoms with Crippen LogP contribution in [-0.2, 0) is 16.4 Å². The van der Waals surface area contributed by atoms with Gasteiger partial charge in [0.05, 0.1) is 11.3 Å². The van der Waals surface area contributed by atoms with Crippen molar-refractivity contribution in [3.63, 3.8) is 0 Å². The van der Waals surface area contributed by atoms with Gasteiger partial charge in [-0.15, -0.1) is 0 Å². The highest BCUT2D eigenvalue weighted by Crippen LogP contribution is 2.31. The van der Waals surface area contributed by atoms with Crippen LogP contribution in [0, 0.1) is 11.8 Å². The third-order valence-electron chi connectivity index (χ3n) is 3.37. The number of carboxylic acids is 1. The maximum Gasteiger partial charge on any atom is 0.417 e. The van der Waals surface area contributed by atoms with Gasteiger partial charge in [-0.25, -0.2) is 4.98 Å². The molecule has 1 N–H and O–H groups in total. The molecular weight excluding hydrogens is 321 g/mol. The summed E-state index contributed by atoms with van der Waals surface area (Å²) in [6, 6.07) is 4.89. The van der Waals surface area contributed by atoms with Gasteiger partial charge in [0.1, 0.15) is 11.1 Å². The standard InChI is InChI=1S/C17H13F3N2O2/c1-16(2,15(23)24)14-13(21-9-10-22-14)8-7-11-5-3-4-6-12(11)17(18,19)20/h3-6,9-10H,1-2H3,(H,23,24). The molecule has 24 heavy (non-hydrogen) atoms. The minimum Gasteiger partial charge on any atom is -0.481 e. The van der Waals surface area contributed by atoms with Gasteiger partial charge in [-0.1, -0.05) is 18.1 Å². The molecule has 0 aliphatic rings. The van der Waals surface area contributed by atoms with E-state index in [9.17, 15) is 23.1 Å². The Morgan fingerprint density at radius 3 is 2.33 bits per heavy atom. The lowest BCUT2D eigenvalue weighted by atomic mass is 9.88. The monoisotopic (exact) mass is 334 g/mol. The van der Waals surface area contributed by atoms with Crippen molar-refractivity contribution >= 4 is 5.97 Å². The van der Waals surface area contributed by atoms with Gasteiger partial charge in [0.15, 0.2) is 0 Å². The molecule has 124 valence electrons. The maximum atomic E-state index is 13.0. The molecule has 1 aromatic heterocycles. The van der Waals surface area contributed by atoms with Gasteiger partial charge in [0.2, 0.25) is 0 Å². The molecule has 0 aliphatic carbocycles. The molecule has 0 aliphatic heterocycles. The number of hydrogen-bond acceptors (Lipinski definition) is 3. The maximum absolute atomic E-state index is 13.0. The minimum atomic E-state index is -4.53. The second-order valence-corrected chi connectivity index (χ2v) is 5.48. The van der Waals surface area contributed by atoms with E-state index in [-0.39, 0.29) is 17.0 Å². The molecule has 0 fully saturated rings. The van der Waals surface area contributed by atoms with Gasteiger partial charge < -0.3 is 5.11 Å². The van der Waals surface area contributed by atoms with Gasteiger partial charge in [-0.2, -0.15) is 13.2 Å². The number of rotatable bonds is 2. The van der Waals surface area contributed by atoms with Crippen molar-refractivity contribution < 1.29 is 23.1 Å². The molecule has 0 radical (unpaired) electrons. The molecule has 1 heterocycles. The summed E-state index contributed by atoms with van der Waals surface area (Å²) in [5.41, 5.74) is -2.33. The number of alkyl halides is 3. The van der Waals surface area contributed by atoms with E-state index >= 15 is 0 Å². The molecule has 4 nitrogen and oxygen atoms in total. The molecule has 2 aromatic rings. The molecule has 0 atom stereocenters. The Labute approximate surface area is 136 Å². The topological polar surface area (TPSA) is 63.1 Å². The highest BCUT2D eigenvalue weighted by molar-refractivity contribution is 5.80. The number of aliphatic carboxylic acids is 1. The molecule has 0 amide bonds. The quantitative estimate of drug-likeness (QED) is 0.856. The minimum absolute atomic E-state index is 0.0295. The van der Waals surface area contributed by atoms with Crippen molar-refractivity contribution in [3.05, 3.63) is 59.2 Å². The van der Waals surface area contributed by atoms with Crippen molar-refractivity contribution in [3.8, 4) is 11.8 Å². The first-order valence-corrected chi connectivity index (χ1v) is 6.87. The van der Waals surface area contributed by atoms with Gasteiger partial charge in [0, 0.05) is 18.0 Å². The Hall–Kier alpha value is -2.88. The Morgan fingerprint density at radius 1 is 1.08 bits per heavy atom. The van der Waals surface area contributed by atoms with E-state index in [0.29, 0.717) is 0 Å². The molecule has 7 heteroatoms. The molecule has 0 saturated heterocycles. The Kier molecular flexibility index (Phi) is 4.60. The van der Waals surface area contributed by atoms with E-state index in [0.717, 1.165) is 6.07 Å². The van der Waals surface area contributed by atoms with Crippen LogP contribution < -0.4 is 0 Å². The lowest BCUT2D eigenvalue weighted by Crippen LogP contribution is -2.31. The summed E-state index contributed by atoms with van der Waals surface area (Å²) in [6.45, 7) is 2.85. The van der Waals surface area contributed by atoms with Crippen LogP contribution in [0.4, 0.5) is 13.2 Å². The average molecular weight is 334 g/mol. The third kappa shape index (κ3) is 3.54. The zero-order chi connectivity index (χ0) is 18.0. The zero-order valence-corrected chi connectivity index (χ0v) is 12.8. The number of halogens is 3. The van der Waals surface area contributed by atoms with Crippen LogP contribution in [0.5, 0.6) is 0 Å². The van der Waals surface area contributed by atoms with E-state index in [4.69, 9.17) is 0 Å². The number of aromatic nitrogens is 2. The van der Waals surface area contributed by atoms with E-state index in [1.165, 1.54) is 44.4 Å². The smallest absolute Gasteiger partial charge is 0.417 e. The third-order valence-corrected chi connectivity index (χ3v) is 3.37. The van der Waals surface area contributed by atoms with Crippen molar-refractivity contribution in [2.45, 2.75) is 25.4 Å². The number of benzene rings is 1. The van der Waals surface area contributed by atoms with Crippen molar-refractivity contribution in [1.82, 2.24) is 9.97 Å². The Bertz CT molecular complexity index is 833. The number of carboxylic acid groups (broad SMARTS) is 1. The normalized spacial score (nSPS) is 11.5. The first-order valence-electron chi connectivity index (χ1n) is 6.87. The summed E-state index contributed by atoms with van der Waals surface area (Å²) in [5.74, 6) is 3.80. The summed E-state index contributed by atoms with van der Waals surface area (Å²) < 4.78 is 38.9. The Balaban J connectivity index is 2.54. The first-order chi connectivity index (χ1) is 11.1. The molecular formula is C17H13F3N2O2. The van der Waals surface area contributed by atoms with Crippen LogP contribution >= 0.6 is 0 Å². The van der Waals surface area contributed by atoms with Gasteiger partial charge in [0.25, 0.3) is 0 Å². The summed E-state index contributed by atoms with van der Waals surface area (Å²) in [6.07, 6.45) is -1.91. The molecule has 0 saturated carbocycles. The lowest BCUT2D eigenvalue weighted by Gasteiger charge is -2.18. The summed E-state index contributed by atoms with van der Waals surface area (Å²) in [7, 11) is 0. The highest BCUT2D eigenvalue weighted by Gasteiger charge is 2.34. The highest BCUT2D eigenvalue weighted by atomic mass is 19.4. The van der Waals surface area contributed by atoms with E-state index in [2.05, 4.69) is 21.8 Å². The number of nitrogens with zero attached hydrogens (tertiary/aromatic N) is 2. The average Bonchev–Trinajstić information content (AvgIpc) is 2.52. The van der Waals surface area contributed by atoms with Crippen molar-refractivity contribution in [1.29, 1.82) is 0 Å². The summed E-state index contributed by atoms with van der Waals surface area (Å²) >= 11 is 0. The number of hydrogen-bond donors (Lipinski definition) is 1. The fourth-order valence-corrected chi connectivity index (χ4v) is 1.95. The van der Waals surface area contributed by atoms with Gasteiger partial charge >= 0.3 is 12.1 Å². The predicted octanol–water partition coefficient (Wildman–Crippen LogP) is 3.26. The van der Waals surface area contributed by atoms with Crippen molar-refractivity contribution in [2.24, 2.45) is 0 Å². The SMILES string of the molecule is CC(C)(C(=O)O)c1nccnc1C#Cc1ccccc1C(F)(F)F. The second-order valence-electron chi connectivity index (χ2n) is 5.48. The van der Waals surface area contributed by atoms with Crippen LogP contribution in [0.2, 0.25) is 0 Å². The summed E-state index contributed by atoms with van der Waals surface area (Å²) in [5, 5.41) is 9.29. The lowest BCUT2D eigenvalue weighted by molar-refractivity contribution is -0.142. The van der Waals surface area contributed by atoms with Crippen LogP contribution in [0.3, 0.4) is 0 Å². The Morgan fingerprint density at radius 2 is 1.71 bits per heavy atom. The van der Waals surface area contributed by atoms with Gasteiger partial charge in [-0.3, -0.25) is 9.78 Å². The fraction of sp³-hybridized carbons (Fsp3) is 0.235. The van der Waals surface area contributed by atoms with Crippen LogP contribution in [0.25, 0.3) is 0 Å². The van der Waals surface area contributed by atoms with Crippen molar-refractivity contribution in [2.75, 3.05) is 0 Å². The van der Waals surface area contributed by atoms with Crippen LogP contribution in [0.15, 0.2) is 36.7 Å². The molecule has 1 aromatic carbocycles. The molecule has 0 bridgehead atoms. The zero-order valence-electron chi connectivity index (χ0n) is 12.8.